The molecule has 0 atom stereocenters. The fourth-order valence-corrected chi connectivity index (χ4v) is 0.990. The monoisotopic (exact) mass is 279 g/mol. The number of phosphoric acid groups is 1. The van der Waals surface area contributed by atoms with E-state index in [4.69, 9.17) is 0 Å². The van der Waals surface area contributed by atoms with Crippen molar-refractivity contribution in [3.8, 4) is 5.75 Å². The zero-order chi connectivity index (χ0) is 8.32. The number of para-hydroxylation sites is 1. The molecule has 70 valence electrons. The number of phosphoric ester groups is 1. The van der Waals surface area contributed by atoms with Crippen LogP contribution in [0.2, 0.25) is 0 Å². The van der Waals surface area contributed by atoms with Crippen LogP contribution in [0.15, 0.2) is 30.3 Å². The van der Waals surface area contributed by atoms with Crippen LogP contribution in [0.5, 0.6) is 5.75 Å². The van der Waals surface area contributed by atoms with Crippen molar-refractivity contribution in [3.63, 3.8) is 0 Å². The summed E-state index contributed by atoms with van der Waals surface area (Å²) >= 11 is 0. The molecule has 0 N–H and O–H groups in total. The van der Waals surface area contributed by atoms with Gasteiger partial charge in [0.1, 0.15) is 13.6 Å². The van der Waals surface area contributed by atoms with Gasteiger partial charge in [0.15, 0.2) is 0 Å². The summed E-state index contributed by atoms with van der Waals surface area (Å²) in [5, 5.41) is 0. The van der Waals surface area contributed by atoms with E-state index in [1.54, 1.807) is 18.2 Å². The maximum absolute atomic E-state index is 10.1. The van der Waals surface area contributed by atoms with Gasteiger partial charge in [0, 0.05) is 0 Å². The number of hydrogen-bond acceptors (Lipinski definition) is 4. The molecule has 0 aliphatic rings. The van der Waals surface area contributed by atoms with E-state index in [-0.39, 0.29) is 28.1 Å². The maximum Gasteiger partial charge on any atom is 1.00 e. The van der Waals surface area contributed by atoms with Gasteiger partial charge < -0.3 is 18.9 Å². The number of benzene rings is 1. The van der Waals surface area contributed by atoms with Crippen LogP contribution in [0.4, 0.5) is 0 Å². The minimum atomic E-state index is -4.89. The van der Waals surface area contributed by atoms with Crippen molar-refractivity contribution in [1.82, 2.24) is 0 Å². The van der Waals surface area contributed by atoms with Gasteiger partial charge in [-0.1, -0.05) is 18.2 Å². The minimum Gasteiger partial charge on any atom is -0.780 e. The van der Waals surface area contributed by atoms with Crippen LogP contribution in [-0.4, -0.2) is 0 Å². The summed E-state index contributed by atoms with van der Waals surface area (Å²) in [5.74, 6) is 0.0424. The van der Waals surface area contributed by atoms with Crippen molar-refractivity contribution in [2.24, 2.45) is 0 Å². The second-order valence-electron chi connectivity index (χ2n) is 1.85. The predicted molar refractivity (Wildman–Crippen MR) is 34.7 cm³/mol. The normalized spacial score (nSPS) is 10.2. The molecular formula is C6H5AgO4P-. The average molecular weight is 280 g/mol. The Labute approximate surface area is 85.3 Å². The van der Waals surface area contributed by atoms with Gasteiger partial charge in [-0.2, -0.15) is 0 Å². The molecule has 1 aromatic rings. The van der Waals surface area contributed by atoms with Gasteiger partial charge >= 0.3 is 22.4 Å². The van der Waals surface area contributed by atoms with Crippen LogP contribution in [-0.2, 0) is 26.9 Å². The molecule has 0 radical (unpaired) electrons. The second kappa shape index (κ2) is 4.82. The molecule has 0 fully saturated rings. The summed E-state index contributed by atoms with van der Waals surface area (Å²) in [4.78, 5) is 20.1. The fourth-order valence-electron chi connectivity index (χ4n) is 0.610. The predicted octanol–water partition coefficient (Wildman–Crippen LogP) is -0.108. The molecule has 4 nitrogen and oxygen atoms in total. The van der Waals surface area contributed by atoms with Crippen molar-refractivity contribution in [1.29, 1.82) is 0 Å². The molecule has 12 heavy (non-hydrogen) atoms. The molecule has 0 unspecified atom stereocenters. The third kappa shape index (κ3) is 4.72. The molecule has 0 aliphatic heterocycles. The van der Waals surface area contributed by atoms with E-state index in [1.165, 1.54) is 12.1 Å². The van der Waals surface area contributed by atoms with Crippen LogP contribution >= 0.6 is 7.82 Å². The van der Waals surface area contributed by atoms with Gasteiger partial charge in [0.25, 0.3) is 0 Å². The summed E-state index contributed by atoms with van der Waals surface area (Å²) in [6.07, 6.45) is 0. The molecule has 0 spiro atoms. The van der Waals surface area contributed by atoms with Crippen molar-refractivity contribution >= 4 is 7.82 Å². The largest absolute Gasteiger partial charge is 1.00 e. The van der Waals surface area contributed by atoms with E-state index in [0.717, 1.165) is 0 Å². The minimum absolute atomic E-state index is 0. The summed E-state index contributed by atoms with van der Waals surface area (Å²) in [6.45, 7) is 0. The number of hydrogen-bond donors (Lipinski definition) is 0. The van der Waals surface area contributed by atoms with Gasteiger partial charge in [-0.3, -0.25) is 0 Å². The van der Waals surface area contributed by atoms with Crippen molar-refractivity contribution in [2.45, 2.75) is 0 Å². The van der Waals surface area contributed by atoms with E-state index >= 15 is 0 Å². The quantitative estimate of drug-likeness (QED) is 0.559. The Morgan fingerprint density at radius 1 is 1.17 bits per heavy atom. The van der Waals surface area contributed by atoms with E-state index in [0.29, 0.717) is 0 Å². The molecular weight excluding hydrogens is 275 g/mol. The molecule has 1 aromatic carbocycles. The number of rotatable bonds is 2. The van der Waals surface area contributed by atoms with Crippen LogP contribution in [0.25, 0.3) is 0 Å². The van der Waals surface area contributed by atoms with E-state index in [9.17, 15) is 14.4 Å². The molecule has 0 saturated carbocycles. The van der Waals surface area contributed by atoms with Crippen LogP contribution in [0, 0.1) is 0 Å². The summed E-state index contributed by atoms with van der Waals surface area (Å²) in [6, 6.07) is 7.62. The Bertz CT molecular complexity index is 270. The Hall–Kier alpha value is -0.0897. The molecule has 0 amide bonds. The molecule has 0 aromatic heterocycles. The summed E-state index contributed by atoms with van der Waals surface area (Å²) in [7, 11) is -4.89. The average Bonchev–Trinajstić information content (AvgIpc) is 1.85. The maximum atomic E-state index is 10.1. The Kier molecular flexibility index (Phi) is 4.78. The summed E-state index contributed by atoms with van der Waals surface area (Å²) < 4.78 is 14.1. The van der Waals surface area contributed by atoms with Crippen LogP contribution < -0.4 is 14.3 Å². The first-order valence-corrected chi connectivity index (χ1v) is 4.31. The fraction of sp³-hybridized carbons (Fsp3) is 0. The van der Waals surface area contributed by atoms with E-state index in [1.807, 2.05) is 0 Å². The summed E-state index contributed by atoms with van der Waals surface area (Å²) in [5.41, 5.74) is 0. The third-order valence-electron chi connectivity index (χ3n) is 0.960. The molecule has 0 aliphatic carbocycles. The second-order valence-corrected chi connectivity index (χ2v) is 2.93. The Balaban J connectivity index is 0.00000121. The smallest absolute Gasteiger partial charge is 0.780 e. The first kappa shape index (κ1) is 11.9. The topological polar surface area (TPSA) is 72.4 Å². The molecule has 0 heterocycles. The van der Waals surface area contributed by atoms with Gasteiger partial charge in [-0.15, -0.1) is 0 Å². The SMILES string of the molecule is O=P([O-])([O-])Oc1ccccc1.[Ag+]. The van der Waals surface area contributed by atoms with Crippen LogP contribution in [0.3, 0.4) is 0 Å². The van der Waals surface area contributed by atoms with Crippen molar-refractivity contribution in [2.75, 3.05) is 0 Å². The first-order valence-electron chi connectivity index (χ1n) is 2.85. The van der Waals surface area contributed by atoms with Gasteiger partial charge in [0.05, 0.1) is 0 Å². The van der Waals surface area contributed by atoms with E-state index < -0.39 is 7.82 Å². The van der Waals surface area contributed by atoms with Crippen molar-refractivity contribution < 1.29 is 41.3 Å². The zero-order valence-corrected chi connectivity index (χ0v) is 8.15. The van der Waals surface area contributed by atoms with Crippen molar-refractivity contribution in [3.05, 3.63) is 30.3 Å². The Morgan fingerprint density at radius 3 is 2.08 bits per heavy atom. The van der Waals surface area contributed by atoms with Gasteiger partial charge in [-0.05, 0) is 12.1 Å². The molecule has 1 rings (SSSR count). The first-order chi connectivity index (χ1) is 5.08. The third-order valence-corrected chi connectivity index (χ3v) is 1.39. The Morgan fingerprint density at radius 2 is 1.67 bits per heavy atom. The molecule has 0 saturated heterocycles. The molecule has 0 bridgehead atoms. The van der Waals surface area contributed by atoms with E-state index in [2.05, 4.69) is 4.52 Å². The van der Waals surface area contributed by atoms with Crippen LogP contribution in [0.1, 0.15) is 0 Å². The zero-order valence-electron chi connectivity index (χ0n) is 5.77. The van der Waals surface area contributed by atoms with Gasteiger partial charge in [0.2, 0.25) is 0 Å². The standard InChI is InChI=1S/C6H7O4P.Ag/c7-11(8,9)10-6-4-2-1-3-5-6;/h1-5H,(H2,7,8,9);/q;+1/p-2. The van der Waals surface area contributed by atoms with Gasteiger partial charge in [-0.25, -0.2) is 0 Å². The molecule has 6 heteroatoms.